The van der Waals surface area contributed by atoms with Crippen LogP contribution in [0.25, 0.3) is 17.0 Å². The van der Waals surface area contributed by atoms with E-state index in [0.717, 1.165) is 15.7 Å². The summed E-state index contributed by atoms with van der Waals surface area (Å²) in [5.74, 6) is 1.09. The molecule has 0 radical (unpaired) electrons. The number of hydrogen-bond donors (Lipinski definition) is 1. The van der Waals surface area contributed by atoms with Crippen LogP contribution in [0.1, 0.15) is 0 Å². The van der Waals surface area contributed by atoms with Gasteiger partial charge >= 0.3 is 0 Å². The van der Waals surface area contributed by atoms with E-state index in [1.54, 1.807) is 6.07 Å². The van der Waals surface area contributed by atoms with Crippen molar-refractivity contribution in [1.29, 1.82) is 0 Å². The van der Waals surface area contributed by atoms with E-state index >= 15 is 0 Å². The van der Waals surface area contributed by atoms with Crippen LogP contribution in [0.15, 0.2) is 47.2 Å². The number of nitrogen functional groups attached to an aromatic ring is 1. The lowest BCUT2D eigenvalue weighted by Gasteiger charge is -1.95. The molecule has 2 N–H and O–H groups in total. The Morgan fingerprint density at radius 1 is 1.18 bits per heavy atom. The Bertz CT molecular complexity index is 690. The summed E-state index contributed by atoms with van der Waals surface area (Å²) in [5, 5.41) is 0. The van der Waals surface area contributed by atoms with Crippen molar-refractivity contribution in [2.24, 2.45) is 0 Å². The number of imidazole rings is 1. The van der Waals surface area contributed by atoms with E-state index in [4.69, 9.17) is 5.73 Å². The summed E-state index contributed by atoms with van der Waals surface area (Å²) in [5.41, 5.74) is 7.55. The zero-order chi connectivity index (χ0) is 11.8. The first-order chi connectivity index (χ1) is 8.22. The molecule has 0 unspecified atom stereocenters. The summed E-state index contributed by atoms with van der Waals surface area (Å²) < 4.78 is 2.88. The molecule has 84 valence electrons. The minimum atomic E-state index is 0.476. The van der Waals surface area contributed by atoms with Crippen molar-refractivity contribution in [3.05, 3.63) is 47.2 Å². The van der Waals surface area contributed by atoms with Crippen LogP contribution >= 0.6 is 15.9 Å². The predicted molar refractivity (Wildman–Crippen MR) is 70.5 cm³/mol. The maximum absolute atomic E-state index is 5.62. The van der Waals surface area contributed by atoms with Crippen LogP contribution < -0.4 is 5.73 Å². The van der Waals surface area contributed by atoms with Crippen LogP contribution in [-0.2, 0) is 0 Å². The Morgan fingerprint density at radius 2 is 2.06 bits per heavy atom. The van der Waals surface area contributed by atoms with Crippen molar-refractivity contribution in [3.63, 3.8) is 0 Å². The minimum absolute atomic E-state index is 0.476. The van der Waals surface area contributed by atoms with Crippen LogP contribution in [-0.4, -0.2) is 14.4 Å². The summed E-state index contributed by atoms with van der Waals surface area (Å²) in [6.45, 7) is 0. The fourth-order valence-corrected chi connectivity index (χ4v) is 2.07. The lowest BCUT2D eigenvalue weighted by Crippen LogP contribution is -1.93. The van der Waals surface area contributed by atoms with Crippen molar-refractivity contribution >= 4 is 27.5 Å². The maximum Gasteiger partial charge on any atom is 0.236 e. The second-order valence-electron chi connectivity index (χ2n) is 3.70. The molecule has 0 aliphatic carbocycles. The highest BCUT2D eigenvalue weighted by atomic mass is 79.9. The highest BCUT2D eigenvalue weighted by molar-refractivity contribution is 9.10. The third kappa shape index (κ3) is 1.89. The van der Waals surface area contributed by atoms with Crippen molar-refractivity contribution in [2.45, 2.75) is 0 Å². The van der Waals surface area contributed by atoms with Gasteiger partial charge in [0.05, 0.1) is 5.69 Å². The normalized spacial score (nSPS) is 10.9. The molecule has 0 amide bonds. The molecule has 0 saturated carbocycles. The first kappa shape index (κ1) is 10.3. The van der Waals surface area contributed by atoms with E-state index in [-0.39, 0.29) is 0 Å². The molecular weight excluding hydrogens is 280 g/mol. The number of aromatic nitrogens is 3. The molecule has 0 saturated heterocycles. The minimum Gasteiger partial charge on any atom is -0.384 e. The van der Waals surface area contributed by atoms with E-state index in [1.807, 2.05) is 41.1 Å². The van der Waals surface area contributed by atoms with Gasteiger partial charge in [0.1, 0.15) is 5.82 Å². The van der Waals surface area contributed by atoms with Crippen LogP contribution in [0.2, 0.25) is 0 Å². The fourth-order valence-electron chi connectivity index (χ4n) is 1.67. The maximum atomic E-state index is 5.62. The molecule has 0 atom stereocenters. The van der Waals surface area contributed by atoms with Gasteiger partial charge in [-0.25, -0.2) is 4.98 Å². The molecule has 2 aromatic heterocycles. The van der Waals surface area contributed by atoms with Crippen molar-refractivity contribution in [3.8, 4) is 11.3 Å². The highest BCUT2D eigenvalue weighted by Crippen LogP contribution is 2.22. The Kier molecular flexibility index (Phi) is 2.33. The van der Waals surface area contributed by atoms with Crippen molar-refractivity contribution < 1.29 is 0 Å². The second kappa shape index (κ2) is 3.85. The van der Waals surface area contributed by atoms with Gasteiger partial charge in [-0.2, -0.15) is 4.98 Å². The van der Waals surface area contributed by atoms with Gasteiger partial charge < -0.3 is 5.73 Å². The smallest absolute Gasteiger partial charge is 0.236 e. The van der Waals surface area contributed by atoms with Gasteiger partial charge in [-0.05, 0) is 18.2 Å². The van der Waals surface area contributed by atoms with Gasteiger partial charge in [-0.1, -0.05) is 28.1 Å². The first-order valence-electron chi connectivity index (χ1n) is 5.09. The third-order valence-electron chi connectivity index (χ3n) is 2.47. The van der Waals surface area contributed by atoms with Gasteiger partial charge in [-0.15, -0.1) is 0 Å². The number of rotatable bonds is 1. The fraction of sp³-hybridized carbons (Fsp3) is 0. The predicted octanol–water partition coefficient (Wildman–Crippen LogP) is 2.74. The van der Waals surface area contributed by atoms with Crippen LogP contribution in [0, 0.1) is 0 Å². The molecule has 4 nitrogen and oxygen atoms in total. The zero-order valence-corrected chi connectivity index (χ0v) is 10.4. The molecule has 0 spiro atoms. The molecule has 0 aliphatic rings. The molecule has 17 heavy (non-hydrogen) atoms. The van der Waals surface area contributed by atoms with Crippen molar-refractivity contribution in [1.82, 2.24) is 14.4 Å². The first-order valence-corrected chi connectivity index (χ1v) is 5.89. The number of benzene rings is 1. The third-order valence-corrected chi connectivity index (χ3v) is 2.96. The Balaban J connectivity index is 2.18. The summed E-state index contributed by atoms with van der Waals surface area (Å²) in [7, 11) is 0. The molecule has 3 aromatic rings. The van der Waals surface area contributed by atoms with E-state index in [2.05, 4.69) is 25.9 Å². The van der Waals surface area contributed by atoms with Crippen LogP contribution in [0.3, 0.4) is 0 Å². The number of fused-ring (bicyclic) bond motifs is 1. The SMILES string of the molecule is Nc1ccn2cc(-c3cccc(Br)c3)nc2n1. The highest BCUT2D eigenvalue weighted by Gasteiger charge is 2.05. The molecule has 5 heteroatoms. The largest absolute Gasteiger partial charge is 0.384 e. The number of nitrogens with two attached hydrogens (primary N) is 1. The molecule has 1 aromatic carbocycles. The number of anilines is 1. The van der Waals surface area contributed by atoms with E-state index in [9.17, 15) is 0 Å². The summed E-state index contributed by atoms with van der Waals surface area (Å²) in [4.78, 5) is 8.60. The molecule has 3 rings (SSSR count). The molecule has 2 heterocycles. The van der Waals surface area contributed by atoms with Gasteiger partial charge in [0.2, 0.25) is 5.78 Å². The Hall–Kier alpha value is -1.88. The van der Waals surface area contributed by atoms with Gasteiger partial charge in [-0.3, -0.25) is 4.40 Å². The lowest BCUT2D eigenvalue weighted by molar-refractivity contribution is 1.11. The average molecular weight is 289 g/mol. The van der Waals surface area contributed by atoms with E-state index in [0.29, 0.717) is 11.6 Å². The van der Waals surface area contributed by atoms with E-state index in [1.165, 1.54) is 0 Å². The quantitative estimate of drug-likeness (QED) is 0.749. The summed E-state index contributed by atoms with van der Waals surface area (Å²) >= 11 is 3.44. The van der Waals surface area contributed by atoms with Crippen LogP contribution in [0.4, 0.5) is 5.82 Å². The van der Waals surface area contributed by atoms with E-state index < -0.39 is 0 Å². The Morgan fingerprint density at radius 3 is 2.88 bits per heavy atom. The second-order valence-corrected chi connectivity index (χ2v) is 4.61. The molecule has 0 bridgehead atoms. The van der Waals surface area contributed by atoms with Crippen molar-refractivity contribution in [2.75, 3.05) is 5.73 Å². The average Bonchev–Trinajstić information content (AvgIpc) is 2.72. The van der Waals surface area contributed by atoms with Crippen LogP contribution in [0.5, 0.6) is 0 Å². The van der Waals surface area contributed by atoms with Gasteiger partial charge in [0.15, 0.2) is 0 Å². The van der Waals surface area contributed by atoms with Gasteiger partial charge in [0, 0.05) is 22.4 Å². The Labute approximate surface area is 106 Å². The van der Waals surface area contributed by atoms with Gasteiger partial charge in [0.25, 0.3) is 0 Å². The number of nitrogens with zero attached hydrogens (tertiary/aromatic N) is 3. The zero-order valence-electron chi connectivity index (χ0n) is 8.84. The standard InChI is InChI=1S/C12H9BrN4/c13-9-3-1-2-8(6-9)10-7-17-5-4-11(14)16-12(17)15-10/h1-7H,(H2,14,15,16). The number of halogens is 1. The monoisotopic (exact) mass is 288 g/mol. The summed E-state index contributed by atoms with van der Waals surface area (Å²) in [6, 6.07) is 9.74. The lowest BCUT2D eigenvalue weighted by atomic mass is 10.2. The molecule has 0 aliphatic heterocycles. The number of hydrogen-bond acceptors (Lipinski definition) is 3. The molecule has 0 fully saturated rings. The summed E-state index contributed by atoms with van der Waals surface area (Å²) in [6.07, 6.45) is 3.79. The molecular formula is C12H9BrN4. The topological polar surface area (TPSA) is 56.2 Å².